The van der Waals surface area contributed by atoms with Gasteiger partial charge in [0, 0.05) is 0 Å². The van der Waals surface area contributed by atoms with Gasteiger partial charge >= 0.3 is 11.9 Å². The number of aromatic nitrogens is 1. The first-order valence-electron chi connectivity index (χ1n) is 11.7. The number of aliphatic carboxylic acids is 1. The van der Waals surface area contributed by atoms with Crippen LogP contribution in [0, 0.1) is 0 Å². The lowest BCUT2D eigenvalue weighted by molar-refractivity contribution is -0.140. The number of benzene rings is 2. The fourth-order valence-electron chi connectivity index (χ4n) is 4.14. The number of rotatable bonds is 9. The van der Waals surface area contributed by atoms with Crippen molar-refractivity contribution in [2.75, 3.05) is 27.4 Å². The van der Waals surface area contributed by atoms with Gasteiger partial charge < -0.3 is 24.1 Å². The summed E-state index contributed by atoms with van der Waals surface area (Å²) in [7, 11) is 2.99. The van der Waals surface area contributed by atoms with Gasteiger partial charge in [0.25, 0.3) is 5.56 Å². The van der Waals surface area contributed by atoms with Crippen molar-refractivity contribution in [1.82, 2.24) is 4.57 Å². The number of nitrogens with zero attached hydrogens (tertiary/aromatic N) is 2. The molecule has 2 heterocycles. The lowest BCUT2D eigenvalue weighted by Crippen LogP contribution is -2.39. The number of methoxy groups -OCH3 is 2. The zero-order valence-electron chi connectivity index (χ0n) is 21.5. The second-order valence-electron chi connectivity index (χ2n) is 8.29. The van der Waals surface area contributed by atoms with Crippen LogP contribution in [0.4, 0.5) is 0 Å². The average Bonchev–Trinajstić information content (AvgIpc) is 3.20. The maximum Gasteiger partial charge on any atom is 0.341 e. The van der Waals surface area contributed by atoms with Gasteiger partial charge in [-0.25, -0.2) is 14.6 Å². The molecular weight excluding hydrogens is 592 g/mol. The molecule has 2 aromatic carbocycles. The summed E-state index contributed by atoms with van der Waals surface area (Å²) in [6.07, 6.45) is 1.68. The molecule has 204 valence electrons. The minimum atomic E-state index is -1.11. The molecule has 12 heteroatoms. The number of hydrogen-bond acceptors (Lipinski definition) is 9. The quantitative estimate of drug-likeness (QED) is 0.364. The zero-order valence-corrected chi connectivity index (χ0v) is 23.9. The minimum Gasteiger partial charge on any atom is -0.496 e. The number of allylic oxidation sites excluding steroid dienone is 1. The topological polar surface area (TPSA) is 126 Å². The lowest BCUT2D eigenvalue weighted by atomic mass is 9.96. The molecule has 39 heavy (non-hydrogen) atoms. The Kier molecular flexibility index (Phi) is 8.56. The molecule has 1 aliphatic heterocycles. The van der Waals surface area contributed by atoms with Crippen LogP contribution in [-0.2, 0) is 14.3 Å². The Bertz CT molecular complexity index is 1660. The van der Waals surface area contributed by atoms with Crippen LogP contribution in [0.15, 0.2) is 61.9 Å². The molecular formula is C27H25BrN2O8S. The standard InChI is InChI=1S/C27H25BrN2O8S/c1-5-37-26(34)23-14(2)29-27-30(24(23)16-7-9-18(35-3)17(28)12-16)25(33)21(39-27)11-15-6-8-19(20(10-15)36-4)38-13-22(31)32/h6-12,24H,5,13H2,1-4H3,(H,31,32)/b21-11+/t24-/m0/s1. The van der Waals surface area contributed by atoms with Gasteiger partial charge in [0.2, 0.25) is 0 Å². The highest BCUT2D eigenvalue weighted by molar-refractivity contribution is 9.10. The Hall–Kier alpha value is -3.90. The van der Waals surface area contributed by atoms with Crippen LogP contribution < -0.4 is 29.1 Å². The van der Waals surface area contributed by atoms with E-state index in [2.05, 4.69) is 20.9 Å². The first-order chi connectivity index (χ1) is 18.7. The van der Waals surface area contributed by atoms with E-state index in [1.165, 1.54) is 23.0 Å². The van der Waals surface area contributed by atoms with Crippen LogP contribution in [0.25, 0.3) is 6.08 Å². The maximum absolute atomic E-state index is 13.8. The Labute approximate surface area is 235 Å². The van der Waals surface area contributed by atoms with E-state index in [4.69, 9.17) is 24.1 Å². The summed E-state index contributed by atoms with van der Waals surface area (Å²) in [6.45, 7) is 3.09. The minimum absolute atomic E-state index is 0.174. The summed E-state index contributed by atoms with van der Waals surface area (Å²) in [5.41, 5.74) is 1.70. The fraction of sp³-hybridized carbons (Fsp3) is 0.259. The smallest absolute Gasteiger partial charge is 0.341 e. The number of carboxylic acid groups (broad SMARTS) is 1. The van der Waals surface area contributed by atoms with Gasteiger partial charge in [-0.3, -0.25) is 9.36 Å². The van der Waals surface area contributed by atoms with E-state index in [0.29, 0.717) is 42.1 Å². The van der Waals surface area contributed by atoms with Crippen molar-refractivity contribution < 1.29 is 33.6 Å². The van der Waals surface area contributed by atoms with Crippen molar-refractivity contribution in [1.29, 1.82) is 0 Å². The highest BCUT2D eigenvalue weighted by Crippen LogP contribution is 2.35. The summed E-state index contributed by atoms with van der Waals surface area (Å²) in [5, 5.41) is 8.89. The Morgan fingerprint density at radius 2 is 1.85 bits per heavy atom. The van der Waals surface area contributed by atoms with Crippen LogP contribution in [0.5, 0.6) is 17.2 Å². The van der Waals surface area contributed by atoms with Gasteiger partial charge in [-0.15, -0.1) is 0 Å². The van der Waals surface area contributed by atoms with E-state index in [1.54, 1.807) is 63.4 Å². The molecule has 0 aliphatic carbocycles. The molecule has 1 N–H and O–H groups in total. The first-order valence-corrected chi connectivity index (χ1v) is 13.3. The number of hydrogen-bond donors (Lipinski definition) is 1. The van der Waals surface area contributed by atoms with Crippen LogP contribution in [-0.4, -0.2) is 49.0 Å². The summed E-state index contributed by atoms with van der Waals surface area (Å²) < 4.78 is 23.8. The fourth-order valence-corrected chi connectivity index (χ4v) is 5.75. The van der Waals surface area contributed by atoms with Crippen molar-refractivity contribution in [3.63, 3.8) is 0 Å². The molecule has 1 aliphatic rings. The molecule has 10 nitrogen and oxygen atoms in total. The van der Waals surface area contributed by atoms with E-state index in [0.717, 1.165) is 0 Å². The molecule has 0 fully saturated rings. The van der Waals surface area contributed by atoms with Crippen molar-refractivity contribution in [3.05, 3.63) is 83.0 Å². The molecule has 0 saturated carbocycles. The van der Waals surface area contributed by atoms with E-state index >= 15 is 0 Å². The van der Waals surface area contributed by atoms with Gasteiger partial charge in [0.05, 0.1) is 47.1 Å². The number of thiazole rings is 1. The van der Waals surface area contributed by atoms with E-state index in [9.17, 15) is 14.4 Å². The number of carbonyl (C=O) groups excluding carboxylic acids is 1. The molecule has 0 amide bonds. The largest absolute Gasteiger partial charge is 0.496 e. The molecule has 0 radical (unpaired) electrons. The molecule has 0 unspecified atom stereocenters. The number of halogens is 1. The summed E-state index contributed by atoms with van der Waals surface area (Å²) in [4.78, 5) is 42.7. The van der Waals surface area contributed by atoms with Crippen LogP contribution in [0.3, 0.4) is 0 Å². The highest BCUT2D eigenvalue weighted by Gasteiger charge is 2.33. The van der Waals surface area contributed by atoms with Crippen molar-refractivity contribution in [2.45, 2.75) is 19.9 Å². The van der Waals surface area contributed by atoms with Crippen LogP contribution >= 0.6 is 27.3 Å². The molecule has 0 bridgehead atoms. The number of carboxylic acids is 1. The van der Waals surface area contributed by atoms with Crippen molar-refractivity contribution in [3.8, 4) is 17.2 Å². The lowest BCUT2D eigenvalue weighted by Gasteiger charge is -2.25. The third kappa shape index (κ3) is 5.76. The van der Waals surface area contributed by atoms with Crippen molar-refractivity contribution in [2.24, 2.45) is 4.99 Å². The monoisotopic (exact) mass is 616 g/mol. The van der Waals surface area contributed by atoms with E-state index in [1.807, 2.05) is 0 Å². The van der Waals surface area contributed by atoms with Crippen LogP contribution in [0.1, 0.15) is 31.0 Å². The summed E-state index contributed by atoms with van der Waals surface area (Å²) in [5.74, 6) is -0.475. The highest BCUT2D eigenvalue weighted by atomic mass is 79.9. The normalized spacial score (nSPS) is 14.9. The molecule has 0 spiro atoms. The predicted molar refractivity (Wildman–Crippen MR) is 147 cm³/mol. The van der Waals surface area contributed by atoms with Gasteiger partial charge in [0.15, 0.2) is 22.9 Å². The summed E-state index contributed by atoms with van der Waals surface area (Å²) in [6, 6.07) is 9.49. The van der Waals surface area contributed by atoms with Crippen LogP contribution in [0.2, 0.25) is 0 Å². The predicted octanol–water partition coefficient (Wildman–Crippen LogP) is 3.04. The Balaban J connectivity index is 1.87. The summed E-state index contributed by atoms with van der Waals surface area (Å²) >= 11 is 4.68. The molecule has 1 aromatic heterocycles. The maximum atomic E-state index is 13.8. The zero-order chi connectivity index (χ0) is 28.3. The number of esters is 1. The molecule has 4 rings (SSSR count). The van der Waals surface area contributed by atoms with Crippen molar-refractivity contribution >= 4 is 45.3 Å². The van der Waals surface area contributed by atoms with Gasteiger partial charge in [0.1, 0.15) is 5.75 Å². The third-order valence-electron chi connectivity index (χ3n) is 5.85. The Morgan fingerprint density at radius 3 is 2.49 bits per heavy atom. The Morgan fingerprint density at radius 1 is 1.13 bits per heavy atom. The number of carbonyl (C=O) groups is 2. The number of fused-ring (bicyclic) bond motifs is 1. The average molecular weight is 617 g/mol. The third-order valence-corrected chi connectivity index (χ3v) is 7.45. The van der Waals surface area contributed by atoms with Gasteiger partial charge in [-0.05, 0) is 71.2 Å². The second kappa shape index (κ2) is 11.9. The molecule has 1 atom stereocenters. The van der Waals surface area contributed by atoms with Gasteiger partial charge in [-0.1, -0.05) is 23.5 Å². The second-order valence-corrected chi connectivity index (χ2v) is 10.2. The van der Waals surface area contributed by atoms with E-state index < -0.39 is 24.6 Å². The molecule has 0 saturated heterocycles. The molecule has 3 aromatic rings. The van der Waals surface area contributed by atoms with E-state index in [-0.39, 0.29) is 23.5 Å². The SMILES string of the molecule is CCOC(=O)C1=C(C)N=c2s/c(=C/c3ccc(OCC(=O)O)c(OC)c3)c(=O)n2[C@H]1c1ccc(OC)c(Br)c1. The van der Waals surface area contributed by atoms with Gasteiger partial charge in [-0.2, -0.15) is 0 Å². The number of ether oxygens (including phenoxy) is 4. The first kappa shape index (κ1) is 28.1.